The molecule has 0 bridgehead atoms. The number of hydrogen-bond acceptors (Lipinski definition) is 16. The van der Waals surface area contributed by atoms with Crippen LogP contribution in [0.15, 0.2) is 413 Å². The first-order valence-corrected chi connectivity index (χ1v) is 42.6. The topological polar surface area (TPSA) is 227 Å². The first kappa shape index (κ1) is 76.5. The summed E-state index contributed by atoms with van der Waals surface area (Å²) in [5.74, 6) is 7.50. The van der Waals surface area contributed by atoms with Crippen LogP contribution in [-0.2, 0) is 0 Å². The maximum Gasteiger partial charge on any atom is 0.164 e. The Morgan fingerprint density at radius 2 is 0.338 bits per heavy atom. The number of aromatic nitrogens is 17. The van der Waals surface area contributed by atoms with Gasteiger partial charge in [0.25, 0.3) is 0 Å². The highest BCUT2D eigenvalue weighted by Crippen LogP contribution is 2.46. The molecule has 16 aromatic carbocycles. The standard InChI is InChI=1S/C112H68N18/c113-69-91-85(52-31-53-92(91)129-93-60-55-80(108-119-98(70-32-11-1-12-33-70)114-99(120-108)71-34-13-2-14-35-71)64-87(93)88-65-81(56-61-94(88)129)109-121-100(72-36-15-3-16-37-72)115-101(122-109)73-38-17-4-18-39-73)86-59-54-84(112-127-106(78-48-27-9-28-49-78)118-107(128-112)79-50-29-10-30-51-79)68-97(86)130-95-62-57-82(110-123-102(74-40-19-5-20-41-74)116-103(124-110)75-42-21-6-22-43-75)66-89(95)90-67-83(58-63-96(90)130)111-125-104(76-44-23-7-24-45-76)117-105(126-111)77-46-25-8-26-47-77/h1-68H. The summed E-state index contributed by atoms with van der Waals surface area (Å²) in [4.78, 5) is 78.6. The minimum absolute atomic E-state index is 0.387. The fourth-order valence-electron chi connectivity index (χ4n) is 17.0. The smallest absolute Gasteiger partial charge is 0.164 e. The van der Waals surface area contributed by atoms with Crippen LogP contribution in [0.5, 0.6) is 0 Å². The highest BCUT2D eigenvalue weighted by Gasteiger charge is 2.28. The third-order valence-corrected chi connectivity index (χ3v) is 23.2. The molecule has 18 nitrogen and oxygen atoms in total. The van der Waals surface area contributed by atoms with Gasteiger partial charge in [0.05, 0.1) is 39.0 Å². The minimum atomic E-state index is 0.387. The van der Waals surface area contributed by atoms with Crippen LogP contribution in [0, 0.1) is 11.3 Å². The van der Waals surface area contributed by atoms with Crippen molar-refractivity contribution in [2.45, 2.75) is 0 Å². The molecule has 0 aliphatic rings. The average Bonchev–Trinajstić information content (AvgIpc) is 1.56. The summed E-state index contributed by atoms with van der Waals surface area (Å²) in [6.45, 7) is 0. The molecule has 606 valence electrons. The second-order valence-electron chi connectivity index (χ2n) is 31.3. The summed E-state index contributed by atoms with van der Waals surface area (Å²) in [6, 6.07) is 140. The van der Waals surface area contributed by atoms with Gasteiger partial charge >= 0.3 is 0 Å². The van der Waals surface area contributed by atoms with Crippen LogP contribution < -0.4 is 0 Å². The van der Waals surface area contributed by atoms with Crippen LogP contribution in [0.3, 0.4) is 0 Å². The van der Waals surface area contributed by atoms with Crippen molar-refractivity contribution in [1.29, 1.82) is 5.26 Å². The van der Waals surface area contributed by atoms with E-state index in [1.54, 1.807) is 0 Å². The van der Waals surface area contributed by atoms with Crippen LogP contribution in [0.2, 0.25) is 0 Å². The van der Waals surface area contributed by atoms with E-state index in [-0.39, 0.29) is 0 Å². The van der Waals surface area contributed by atoms with Crippen molar-refractivity contribution in [2.24, 2.45) is 0 Å². The molecule has 0 unspecified atom stereocenters. The summed E-state index contributed by atoms with van der Waals surface area (Å²) in [7, 11) is 0. The predicted molar refractivity (Wildman–Crippen MR) is 514 cm³/mol. The Morgan fingerprint density at radius 1 is 0.154 bits per heavy atom. The Kier molecular flexibility index (Phi) is 19.5. The fraction of sp³-hybridized carbons (Fsp3) is 0. The molecule has 7 heterocycles. The van der Waals surface area contributed by atoms with Crippen LogP contribution >= 0.6 is 0 Å². The number of nitrogens with zero attached hydrogens (tertiary/aromatic N) is 18. The van der Waals surface area contributed by atoms with E-state index in [1.807, 2.05) is 328 Å². The lowest BCUT2D eigenvalue weighted by molar-refractivity contribution is 1.07. The molecule has 0 atom stereocenters. The van der Waals surface area contributed by atoms with Gasteiger partial charge in [-0.15, -0.1) is 0 Å². The number of benzene rings is 16. The molecule has 23 aromatic rings. The van der Waals surface area contributed by atoms with Gasteiger partial charge < -0.3 is 9.13 Å². The maximum atomic E-state index is 12.6. The second kappa shape index (κ2) is 33.0. The molecule has 23 rings (SSSR count). The summed E-state index contributed by atoms with van der Waals surface area (Å²) in [5, 5.41) is 16.0. The fourth-order valence-corrected chi connectivity index (χ4v) is 17.0. The summed E-state index contributed by atoms with van der Waals surface area (Å²) >= 11 is 0. The van der Waals surface area contributed by atoms with Crippen molar-refractivity contribution in [3.05, 3.63) is 418 Å². The van der Waals surface area contributed by atoms with Gasteiger partial charge in [0.2, 0.25) is 0 Å². The summed E-state index contributed by atoms with van der Waals surface area (Å²) < 4.78 is 4.47. The van der Waals surface area contributed by atoms with Gasteiger partial charge in [0, 0.05) is 116 Å². The SMILES string of the molecule is N#Cc1c(-c2ccc(-c3nc(-c4ccccc4)nc(-c4ccccc4)n3)cc2-n2c3ccc(-c4nc(-c5ccccc5)nc(-c5ccccc5)n4)cc3c3cc(-c4nc(-c5ccccc5)nc(-c5ccccc5)n4)ccc32)cccc1-n1c2ccc(-c3nc(-c4ccccc4)nc(-c4ccccc4)n3)cc2c2cc(-c3nc(-c4ccccc4)nc(-c4ccccc4)n3)ccc21. The molecule has 7 aromatic heterocycles. The zero-order valence-electron chi connectivity index (χ0n) is 69.3. The highest BCUT2D eigenvalue weighted by atomic mass is 15.1. The molecule has 18 heteroatoms. The number of fused-ring (bicyclic) bond motifs is 6. The van der Waals surface area contributed by atoms with Crippen LogP contribution in [0.4, 0.5) is 0 Å². The van der Waals surface area contributed by atoms with E-state index >= 15 is 0 Å². The third-order valence-electron chi connectivity index (χ3n) is 23.2. The third kappa shape index (κ3) is 14.5. The highest BCUT2D eigenvalue weighted by molar-refractivity contribution is 6.14. The first-order valence-electron chi connectivity index (χ1n) is 42.6. The number of hydrogen-bond donors (Lipinski definition) is 0. The van der Waals surface area contributed by atoms with E-state index in [0.29, 0.717) is 121 Å². The van der Waals surface area contributed by atoms with Crippen LogP contribution in [0.25, 0.3) is 237 Å². The maximum absolute atomic E-state index is 12.6. The Balaban J connectivity index is 0.778. The zero-order valence-corrected chi connectivity index (χ0v) is 69.3. The van der Waals surface area contributed by atoms with Crippen molar-refractivity contribution < 1.29 is 0 Å². The summed E-state index contributed by atoms with van der Waals surface area (Å²) in [5.41, 5.74) is 18.3. The van der Waals surface area contributed by atoms with Gasteiger partial charge in [-0.05, 0) is 84.9 Å². The lowest BCUT2D eigenvalue weighted by atomic mass is 9.95. The molecule has 0 amide bonds. The number of nitriles is 1. The zero-order chi connectivity index (χ0) is 86.4. The van der Waals surface area contributed by atoms with Crippen molar-refractivity contribution in [3.8, 4) is 199 Å². The number of rotatable bonds is 18. The molecule has 0 saturated carbocycles. The van der Waals surface area contributed by atoms with Gasteiger partial charge in [-0.1, -0.05) is 328 Å². The minimum Gasteiger partial charge on any atom is -0.309 e. The first-order chi connectivity index (χ1) is 64.3. The van der Waals surface area contributed by atoms with Crippen molar-refractivity contribution in [3.63, 3.8) is 0 Å². The molecule has 0 fully saturated rings. The van der Waals surface area contributed by atoms with E-state index in [4.69, 9.17) is 74.8 Å². The molecule has 130 heavy (non-hydrogen) atoms. The normalized spacial score (nSPS) is 11.4. The van der Waals surface area contributed by atoms with E-state index < -0.39 is 0 Å². The Morgan fingerprint density at radius 3 is 0.546 bits per heavy atom. The average molecular weight is 1670 g/mol. The quantitative estimate of drug-likeness (QED) is 0.0778. The molecule has 0 radical (unpaired) electrons. The van der Waals surface area contributed by atoms with Crippen molar-refractivity contribution in [2.75, 3.05) is 0 Å². The Bertz CT molecular complexity index is 7660. The van der Waals surface area contributed by atoms with Gasteiger partial charge in [-0.3, -0.25) is 0 Å². The van der Waals surface area contributed by atoms with Crippen molar-refractivity contribution in [1.82, 2.24) is 83.9 Å². The molecule has 0 aliphatic heterocycles. The van der Waals surface area contributed by atoms with Gasteiger partial charge in [-0.2, -0.15) is 5.26 Å². The lowest BCUT2D eigenvalue weighted by Gasteiger charge is -2.19. The van der Waals surface area contributed by atoms with Crippen LogP contribution in [0.1, 0.15) is 5.56 Å². The second-order valence-corrected chi connectivity index (χ2v) is 31.3. The Hall–Kier alpha value is -18.3. The van der Waals surface area contributed by atoms with Gasteiger partial charge in [0.15, 0.2) is 87.4 Å². The summed E-state index contributed by atoms with van der Waals surface area (Å²) in [6.07, 6.45) is 0. The molecule has 0 aliphatic carbocycles. The van der Waals surface area contributed by atoms with E-state index in [0.717, 1.165) is 122 Å². The predicted octanol–water partition coefficient (Wildman–Crippen LogP) is 25.3. The van der Waals surface area contributed by atoms with Gasteiger partial charge in [0.1, 0.15) is 6.07 Å². The molecular formula is C112H68N18. The van der Waals surface area contributed by atoms with E-state index in [2.05, 4.69) is 100 Å². The Labute approximate surface area is 745 Å². The lowest BCUT2D eigenvalue weighted by Crippen LogP contribution is -2.04. The van der Waals surface area contributed by atoms with E-state index in [9.17, 15) is 5.26 Å². The largest absolute Gasteiger partial charge is 0.309 e. The van der Waals surface area contributed by atoms with Crippen molar-refractivity contribution >= 4 is 43.6 Å². The van der Waals surface area contributed by atoms with E-state index in [1.165, 1.54) is 0 Å². The monoisotopic (exact) mass is 1660 g/mol. The molecule has 0 saturated heterocycles. The van der Waals surface area contributed by atoms with Crippen LogP contribution in [-0.4, -0.2) is 83.9 Å². The van der Waals surface area contributed by atoms with Gasteiger partial charge in [-0.25, -0.2) is 74.8 Å². The molecule has 0 spiro atoms. The molecule has 0 N–H and O–H groups in total. The molecular weight excluding hydrogens is 1600 g/mol.